The smallest absolute Gasteiger partial charge is 0.227 e. The van der Waals surface area contributed by atoms with Crippen LogP contribution in [0.15, 0.2) is 41.9 Å². The number of rotatable bonds is 5. The van der Waals surface area contributed by atoms with Crippen molar-refractivity contribution < 1.29 is 4.79 Å². The van der Waals surface area contributed by atoms with Gasteiger partial charge in [-0.3, -0.25) is 14.5 Å². The highest BCUT2D eigenvalue weighted by Crippen LogP contribution is 2.13. The van der Waals surface area contributed by atoms with Crippen molar-refractivity contribution in [3.8, 4) is 0 Å². The lowest BCUT2D eigenvalue weighted by atomic mass is 10.1. The number of guanidine groups is 1. The van der Waals surface area contributed by atoms with Crippen LogP contribution in [0.25, 0.3) is 0 Å². The van der Waals surface area contributed by atoms with E-state index in [9.17, 15) is 4.79 Å². The molecule has 2 heterocycles. The Morgan fingerprint density at radius 1 is 1.25 bits per heavy atom. The van der Waals surface area contributed by atoms with Gasteiger partial charge in [0.2, 0.25) is 5.91 Å². The minimum absolute atomic E-state index is 0. The molecule has 1 amide bonds. The summed E-state index contributed by atoms with van der Waals surface area (Å²) in [6.07, 6.45) is 3.59. The summed E-state index contributed by atoms with van der Waals surface area (Å²) in [6, 6.07) is 7.46. The second-order valence-electron chi connectivity index (χ2n) is 6.31. The van der Waals surface area contributed by atoms with Crippen molar-refractivity contribution >= 4 is 47.4 Å². The number of benzene rings is 1. The van der Waals surface area contributed by atoms with Gasteiger partial charge in [0, 0.05) is 44.8 Å². The van der Waals surface area contributed by atoms with Crippen molar-refractivity contribution in [1.29, 1.82) is 0 Å². The third-order valence-corrected chi connectivity index (χ3v) is 4.71. The highest BCUT2D eigenvalue weighted by atomic mass is 127. The fourth-order valence-corrected chi connectivity index (χ4v) is 3.28. The Labute approximate surface area is 187 Å². The first kappa shape index (κ1) is 22.4. The molecule has 1 N–H and O–H groups in total. The zero-order chi connectivity index (χ0) is 19.1. The molecule has 152 valence electrons. The number of hydrogen-bond donors (Lipinski definition) is 1. The Morgan fingerprint density at radius 3 is 2.64 bits per heavy atom. The molecule has 0 bridgehead atoms. The first-order valence-corrected chi connectivity index (χ1v) is 9.34. The Hall–Kier alpha value is -1.88. The number of aromatic nitrogens is 3. The van der Waals surface area contributed by atoms with E-state index in [0.29, 0.717) is 31.1 Å². The van der Waals surface area contributed by atoms with Gasteiger partial charge in [0.05, 0.1) is 13.0 Å². The van der Waals surface area contributed by atoms with Crippen LogP contribution in [0.3, 0.4) is 0 Å². The largest absolute Gasteiger partial charge is 0.354 e. The van der Waals surface area contributed by atoms with Crippen LogP contribution in [-0.4, -0.2) is 76.2 Å². The first-order valence-electron chi connectivity index (χ1n) is 8.96. The van der Waals surface area contributed by atoms with Crippen molar-refractivity contribution in [1.82, 2.24) is 29.9 Å². The zero-order valence-corrected chi connectivity index (χ0v) is 18.9. The minimum atomic E-state index is 0. The summed E-state index contributed by atoms with van der Waals surface area (Å²) < 4.78 is 1.77. The highest BCUT2D eigenvalue weighted by molar-refractivity contribution is 14.0. The van der Waals surface area contributed by atoms with Gasteiger partial charge in [0.15, 0.2) is 5.96 Å². The van der Waals surface area contributed by atoms with Gasteiger partial charge in [-0.2, -0.15) is 5.10 Å². The van der Waals surface area contributed by atoms with Crippen molar-refractivity contribution in [2.75, 3.05) is 39.8 Å². The van der Waals surface area contributed by atoms with Crippen LogP contribution in [0.1, 0.15) is 5.56 Å². The number of hydrogen-bond acceptors (Lipinski definition) is 4. The van der Waals surface area contributed by atoms with Gasteiger partial charge >= 0.3 is 0 Å². The quantitative estimate of drug-likeness (QED) is 0.370. The summed E-state index contributed by atoms with van der Waals surface area (Å²) in [5, 5.41) is 8.08. The van der Waals surface area contributed by atoms with Crippen LogP contribution in [0.5, 0.6) is 0 Å². The summed E-state index contributed by atoms with van der Waals surface area (Å²) in [7, 11) is 1.77. The molecule has 0 spiro atoms. The molecule has 1 aliphatic rings. The number of nitrogens with zero attached hydrogens (tertiary/aromatic N) is 6. The molecule has 28 heavy (non-hydrogen) atoms. The van der Waals surface area contributed by atoms with Crippen molar-refractivity contribution in [2.45, 2.75) is 13.0 Å². The summed E-state index contributed by atoms with van der Waals surface area (Å²) in [5.74, 6) is 0.975. The zero-order valence-electron chi connectivity index (χ0n) is 15.8. The summed E-state index contributed by atoms with van der Waals surface area (Å²) in [4.78, 5) is 24.9. The molecule has 0 atom stereocenters. The number of carbonyl (C=O) groups excluding carboxylic acids is 1. The molecule has 8 nitrogen and oxygen atoms in total. The monoisotopic (exact) mass is 517 g/mol. The maximum atomic E-state index is 12.5. The van der Waals surface area contributed by atoms with E-state index in [0.717, 1.165) is 31.2 Å². The Bertz CT molecular complexity index is 776. The van der Waals surface area contributed by atoms with Gasteiger partial charge < -0.3 is 15.1 Å². The van der Waals surface area contributed by atoms with Gasteiger partial charge in [0.1, 0.15) is 12.7 Å². The van der Waals surface area contributed by atoms with Crippen LogP contribution in [0, 0.1) is 0 Å². The lowest BCUT2D eigenvalue weighted by Crippen LogP contribution is -2.54. The average Bonchev–Trinajstić information content (AvgIpc) is 3.19. The fourth-order valence-electron chi connectivity index (χ4n) is 3.06. The topological polar surface area (TPSA) is 78.7 Å². The third-order valence-electron chi connectivity index (χ3n) is 4.48. The number of piperazine rings is 1. The molecular weight excluding hydrogens is 493 g/mol. The molecule has 0 radical (unpaired) electrons. The van der Waals surface area contributed by atoms with E-state index in [4.69, 9.17) is 11.6 Å². The summed E-state index contributed by atoms with van der Waals surface area (Å²) >= 11 is 6.00. The number of amides is 1. The van der Waals surface area contributed by atoms with Crippen LogP contribution in [0.4, 0.5) is 0 Å². The molecule has 0 aliphatic carbocycles. The van der Waals surface area contributed by atoms with E-state index in [2.05, 4.69) is 25.3 Å². The van der Waals surface area contributed by atoms with Crippen molar-refractivity contribution in [3.63, 3.8) is 0 Å². The van der Waals surface area contributed by atoms with Crippen LogP contribution >= 0.6 is 35.6 Å². The van der Waals surface area contributed by atoms with E-state index in [1.807, 2.05) is 29.2 Å². The number of halogens is 2. The normalized spacial score (nSPS) is 14.6. The maximum absolute atomic E-state index is 12.5. The third kappa shape index (κ3) is 6.33. The molecular formula is C18H25ClIN7O. The molecule has 1 aliphatic heterocycles. The summed E-state index contributed by atoms with van der Waals surface area (Å²) in [5.41, 5.74) is 0.945. The molecule has 1 fully saturated rings. The van der Waals surface area contributed by atoms with E-state index in [-0.39, 0.29) is 29.9 Å². The second kappa shape index (κ2) is 11.2. The molecule has 2 aromatic rings. The number of nitrogens with one attached hydrogen (secondary N) is 1. The average molecular weight is 518 g/mol. The lowest BCUT2D eigenvalue weighted by Gasteiger charge is -2.36. The predicted molar refractivity (Wildman–Crippen MR) is 120 cm³/mol. The second-order valence-corrected chi connectivity index (χ2v) is 6.74. The lowest BCUT2D eigenvalue weighted by molar-refractivity contribution is -0.131. The number of aliphatic imine (C=N–C) groups is 1. The van der Waals surface area contributed by atoms with Crippen molar-refractivity contribution in [2.24, 2.45) is 4.99 Å². The Balaban J connectivity index is 0.00000280. The van der Waals surface area contributed by atoms with Gasteiger partial charge in [-0.1, -0.05) is 23.7 Å². The van der Waals surface area contributed by atoms with Crippen molar-refractivity contribution in [3.05, 3.63) is 47.5 Å². The predicted octanol–water partition coefficient (Wildman–Crippen LogP) is 1.51. The molecule has 1 aromatic heterocycles. The molecule has 1 aromatic carbocycles. The highest BCUT2D eigenvalue weighted by Gasteiger charge is 2.23. The van der Waals surface area contributed by atoms with Gasteiger partial charge in [-0.25, -0.2) is 4.98 Å². The van der Waals surface area contributed by atoms with Crippen LogP contribution < -0.4 is 5.32 Å². The molecule has 0 saturated carbocycles. The van der Waals surface area contributed by atoms with E-state index < -0.39 is 0 Å². The molecule has 1 saturated heterocycles. The van der Waals surface area contributed by atoms with Crippen LogP contribution in [-0.2, 0) is 17.8 Å². The fraction of sp³-hybridized carbons (Fsp3) is 0.444. The summed E-state index contributed by atoms with van der Waals surface area (Å²) in [6.45, 7) is 4.31. The maximum Gasteiger partial charge on any atom is 0.227 e. The van der Waals surface area contributed by atoms with E-state index in [1.54, 1.807) is 18.1 Å². The van der Waals surface area contributed by atoms with E-state index in [1.165, 1.54) is 6.33 Å². The van der Waals surface area contributed by atoms with Gasteiger partial charge in [-0.05, 0) is 17.7 Å². The SMILES string of the molecule is CN=C(NCCn1cncn1)N1CCN(C(=O)Cc2cccc(Cl)c2)CC1.I. The molecule has 10 heteroatoms. The standard InChI is InChI=1S/C18H24ClN7O.HI/c1-20-18(22-5-6-26-14-21-13-23-26)25-9-7-24(8-10-25)17(27)12-15-3-2-4-16(19)11-15;/h2-4,11,13-14H,5-10,12H2,1H3,(H,20,22);1H. The van der Waals surface area contributed by atoms with E-state index >= 15 is 0 Å². The Kier molecular flexibility index (Phi) is 8.97. The van der Waals surface area contributed by atoms with Gasteiger partial charge in [0.25, 0.3) is 0 Å². The number of carbonyl (C=O) groups is 1. The Morgan fingerprint density at radius 2 is 2.00 bits per heavy atom. The van der Waals surface area contributed by atoms with Gasteiger partial charge in [-0.15, -0.1) is 24.0 Å². The minimum Gasteiger partial charge on any atom is -0.354 e. The molecule has 3 rings (SSSR count). The van der Waals surface area contributed by atoms with Crippen LogP contribution in [0.2, 0.25) is 5.02 Å². The molecule has 0 unspecified atom stereocenters. The first-order chi connectivity index (χ1) is 13.2.